The second-order valence-electron chi connectivity index (χ2n) is 4.32. The standard InChI is InChI=1S/C13H18N2O2/c1-3-15(11-4-5-11)13(16)9-6-10(14)8-12(7-9)17-2/h6-8,11H,3-5,14H2,1-2H3. The van der Waals surface area contributed by atoms with E-state index in [1.807, 2.05) is 11.8 Å². The third-order valence-corrected chi connectivity index (χ3v) is 3.00. The molecule has 2 rings (SSSR count). The number of ether oxygens (including phenoxy) is 1. The number of hydrogen-bond donors (Lipinski definition) is 1. The number of methoxy groups -OCH3 is 1. The van der Waals surface area contributed by atoms with Gasteiger partial charge in [-0.25, -0.2) is 0 Å². The number of nitrogens with zero attached hydrogens (tertiary/aromatic N) is 1. The Morgan fingerprint density at radius 1 is 1.47 bits per heavy atom. The summed E-state index contributed by atoms with van der Waals surface area (Å²) in [6.07, 6.45) is 2.22. The molecule has 0 saturated heterocycles. The summed E-state index contributed by atoms with van der Waals surface area (Å²) < 4.78 is 5.12. The summed E-state index contributed by atoms with van der Waals surface area (Å²) >= 11 is 0. The fourth-order valence-corrected chi connectivity index (χ4v) is 1.98. The number of nitrogens with two attached hydrogens (primary N) is 1. The molecule has 1 saturated carbocycles. The molecule has 4 heteroatoms. The van der Waals surface area contributed by atoms with Gasteiger partial charge in [0.2, 0.25) is 0 Å². The van der Waals surface area contributed by atoms with Crippen LogP contribution in [0.3, 0.4) is 0 Å². The van der Waals surface area contributed by atoms with Crippen LogP contribution in [0.25, 0.3) is 0 Å². The number of rotatable bonds is 4. The van der Waals surface area contributed by atoms with E-state index in [2.05, 4.69) is 0 Å². The van der Waals surface area contributed by atoms with Crippen LogP contribution in [0.1, 0.15) is 30.1 Å². The fourth-order valence-electron chi connectivity index (χ4n) is 1.98. The van der Waals surface area contributed by atoms with Crippen LogP contribution in [0.2, 0.25) is 0 Å². The normalized spacial score (nSPS) is 14.5. The second-order valence-corrected chi connectivity index (χ2v) is 4.32. The molecule has 1 aromatic carbocycles. The van der Waals surface area contributed by atoms with Crippen molar-refractivity contribution in [3.05, 3.63) is 23.8 Å². The van der Waals surface area contributed by atoms with Crippen LogP contribution in [-0.4, -0.2) is 30.5 Å². The molecule has 0 aliphatic heterocycles. The second kappa shape index (κ2) is 4.65. The quantitative estimate of drug-likeness (QED) is 0.809. The lowest BCUT2D eigenvalue weighted by atomic mass is 10.1. The maximum Gasteiger partial charge on any atom is 0.254 e. The lowest BCUT2D eigenvalue weighted by Crippen LogP contribution is -2.32. The van der Waals surface area contributed by atoms with E-state index in [0.29, 0.717) is 23.0 Å². The Hall–Kier alpha value is -1.71. The molecular formula is C13H18N2O2. The van der Waals surface area contributed by atoms with Gasteiger partial charge in [0.15, 0.2) is 0 Å². The predicted molar refractivity (Wildman–Crippen MR) is 67.1 cm³/mol. The van der Waals surface area contributed by atoms with Crippen molar-refractivity contribution in [3.63, 3.8) is 0 Å². The number of benzene rings is 1. The lowest BCUT2D eigenvalue weighted by molar-refractivity contribution is 0.0752. The first-order chi connectivity index (χ1) is 8.15. The molecule has 0 atom stereocenters. The summed E-state index contributed by atoms with van der Waals surface area (Å²) in [6, 6.07) is 5.57. The number of anilines is 1. The fraction of sp³-hybridized carbons (Fsp3) is 0.462. The van der Waals surface area contributed by atoms with E-state index < -0.39 is 0 Å². The Morgan fingerprint density at radius 3 is 2.71 bits per heavy atom. The van der Waals surface area contributed by atoms with Gasteiger partial charge in [-0.15, -0.1) is 0 Å². The minimum atomic E-state index is 0.0422. The number of hydrogen-bond acceptors (Lipinski definition) is 3. The van der Waals surface area contributed by atoms with Gasteiger partial charge in [-0.3, -0.25) is 4.79 Å². The molecule has 92 valence electrons. The minimum absolute atomic E-state index is 0.0422. The van der Waals surface area contributed by atoms with Crippen molar-refractivity contribution in [1.82, 2.24) is 4.90 Å². The average molecular weight is 234 g/mol. The monoisotopic (exact) mass is 234 g/mol. The third-order valence-electron chi connectivity index (χ3n) is 3.00. The molecule has 1 aliphatic carbocycles. The molecule has 1 amide bonds. The summed E-state index contributed by atoms with van der Waals surface area (Å²) in [7, 11) is 1.57. The Bertz CT molecular complexity index is 427. The number of nitrogen functional groups attached to an aromatic ring is 1. The zero-order valence-electron chi connectivity index (χ0n) is 10.3. The molecule has 2 N–H and O–H groups in total. The van der Waals surface area contributed by atoms with Gasteiger partial charge in [0.05, 0.1) is 7.11 Å². The zero-order valence-corrected chi connectivity index (χ0v) is 10.3. The highest BCUT2D eigenvalue weighted by atomic mass is 16.5. The first-order valence-corrected chi connectivity index (χ1v) is 5.91. The molecule has 17 heavy (non-hydrogen) atoms. The van der Waals surface area contributed by atoms with Crippen LogP contribution in [0, 0.1) is 0 Å². The van der Waals surface area contributed by atoms with Gasteiger partial charge in [-0.2, -0.15) is 0 Å². The smallest absolute Gasteiger partial charge is 0.254 e. The first-order valence-electron chi connectivity index (χ1n) is 5.91. The van der Waals surface area contributed by atoms with Crippen LogP contribution in [0.4, 0.5) is 5.69 Å². The molecular weight excluding hydrogens is 216 g/mol. The molecule has 1 aliphatic rings. The number of carbonyl (C=O) groups is 1. The van der Waals surface area contributed by atoms with Gasteiger partial charge in [0.25, 0.3) is 5.91 Å². The van der Waals surface area contributed by atoms with Crippen LogP contribution < -0.4 is 10.5 Å². The van der Waals surface area contributed by atoms with Crippen molar-refractivity contribution >= 4 is 11.6 Å². The predicted octanol–water partition coefficient (Wildman–Crippen LogP) is 1.90. The summed E-state index contributed by atoms with van der Waals surface area (Å²) in [5.41, 5.74) is 6.92. The van der Waals surface area contributed by atoms with Crippen LogP contribution in [0.5, 0.6) is 5.75 Å². The molecule has 0 aromatic heterocycles. The van der Waals surface area contributed by atoms with Crippen LogP contribution in [-0.2, 0) is 0 Å². The molecule has 0 unspecified atom stereocenters. The van der Waals surface area contributed by atoms with Crippen molar-refractivity contribution in [3.8, 4) is 5.75 Å². The van der Waals surface area contributed by atoms with E-state index in [9.17, 15) is 4.79 Å². The van der Waals surface area contributed by atoms with Crippen molar-refractivity contribution in [2.75, 3.05) is 19.4 Å². The SMILES string of the molecule is CCN(C(=O)c1cc(N)cc(OC)c1)C1CC1. The molecule has 0 heterocycles. The highest BCUT2D eigenvalue weighted by Gasteiger charge is 2.32. The zero-order chi connectivity index (χ0) is 12.4. The van der Waals surface area contributed by atoms with Gasteiger partial charge < -0.3 is 15.4 Å². The van der Waals surface area contributed by atoms with Gasteiger partial charge in [-0.05, 0) is 31.9 Å². The number of amides is 1. The van der Waals surface area contributed by atoms with Gasteiger partial charge in [0.1, 0.15) is 5.75 Å². The van der Waals surface area contributed by atoms with Crippen LogP contribution >= 0.6 is 0 Å². The van der Waals surface area contributed by atoms with E-state index in [4.69, 9.17) is 10.5 Å². The van der Waals surface area contributed by atoms with Crippen molar-refractivity contribution < 1.29 is 9.53 Å². The maximum atomic E-state index is 12.3. The Balaban J connectivity index is 2.25. The lowest BCUT2D eigenvalue weighted by Gasteiger charge is -2.20. The third kappa shape index (κ3) is 2.52. The largest absolute Gasteiger partial charge is 0.497 e. The first kappa shape index (κ1) is 11.8. The highest BCUT2D eigenvalue weighted by Crippen LogP contribution is 2.29. The van der Waals surface area contributed by atoms with E-state index in [1.165, 1.54) is 0 Å². The van der Waals surface area contributed by atoms with E-state index >= 15 is 0 Å². The summed E-state index contributed by atoms with van der Waals surface area (Å²) in [4.78, 5) is 14.2. The Morgan fingerprint density at radius 2 is 2.18 bits per heavy atom. The minimum Gasteiger partial charge on any atom is -0.497 e. The summed E-state index contributed by atoms with van der Waals surface area (Å²) in [6.45, 7) is 2.74. The maximum absolute atomic E-state index is 12.3. The highest BCUT2D eigenvalue weighted by molar-refractivity contribution is 5.96. The van der Waals surface area contributed by atoms with E-state index in [-0.39, 0.29) is 5.91 Å². The molecule has 0 radical (unpaired) electrons. The average Bonchev–Trinajstić information content (AvgIpc) is 3.13. The van der Waals surface area contributed by atoms with E-state index in [1.54, 1.807) is 25.3 Å². The van der Waals surface area contributed by atoms with E-state index in [0.717, 1.165) is 19.4 Å². The molecule has 1 fully saturated rings. The number of carbonyl (C=O) groups excluding carboxylic acids is 1. The Kier molecular flexibility index (Phi) is 3.22. The summed E-state index contributed by atoms with van der Waals surface area (Å²) in [5, 5.41) is 0. The molecule has 4 nitrogen and oxygen atoms in total. The van der Waals surface area contributed by atoms with Crippen molar-refractivity contribution in [2.24, 2.45) is 0 Å². The summed E-state index contributed by atoms with van der Waals surface area (Å²) in [5.74, 6) is 0.667. The van der Waals surface area contributed by atoms with Gasteiger partial charge in [0, 0.05) is 29.9 Å². The van der Waals surface area contributed by atoms with Gasteiger partial charge in [-0.1, -0.05) is 0 Å². The molecule has 0 bridgehead atoms. The van der Waals surface area contributed by atoms with Crippen LogP contribution in [0.15, 0.2) is 18.2 Å². The molecule has 0 spiro atoms. The Labute approximate surface area is 101 Å². The van der Waals surface area contributed by atoms with Crippen molar-refractivity contribution in [2.45, 2.75) is 25.8 Å². The topological polar surface area (TPSA) is 55.6 Å². The molecule has 1 aromatic rings. The van der Waals surface area contributed by atoms with Gasteiger partial charge >= 0.3 is 0 Å². The van der Waals surface area contributed by atoms with Crippen molar-refractivity contribution in [1.29, 1.82) is 0 Å².